The van der Waals surface area contributed by atoms with Crippen LogP contribution in [-0.4, -0.2) is 43.5 Å². The van der Waals surface area contributed by atoms with Crippen LogP contribution < -0.4 is 0 Å². The van der Waals surface area contributed by atoms with E-state index >= 15 is 0 Å². The van der Waals surface area contributed by atoms with Crippen LogP contribution in [0.4, 0.5) is 8.78 Å². The second kappa shape index (κ2) is 6.01. The monoisotopic (exact) mass is 347 g/mol. The minimum atomic E-state index is -1.04. The van der Waals surface area contributed by atoms with E-state index in [4.69, 9.17) is 4.42 Å². The summed E-state index contributed by atoms with van der Waals surface area (Å²) in [5, 5.41) is 20.8. The molecule has 0 bridgehead atoms. The molecule has 1 fully saturated rings. The Morgan fingerprint density at radius 2 is 2.20 bits per heavy atom. The van der Waals surface area contributed by atoms with Gasteiger partial charge in [0.1, 0.15) is 17.6 Å². The average Bonchev–Trinajstić information content (AvgIpc) is 3.32. The molecule has 0 amide bonds. The quantitative estimate of drug-likeness (QED) is 0.748. The Hall–Kier alpha value is -2.65. The molecule has 2 aromatic heterocycles. The third-order valence-corrected chi connectivity index (χ3v) is 4.32. The number of aromatic amines is 1. The fraction of sp³-hybridized carbons (Fsp3) is 0.312. The van der Waals surface area contributed by atoms with Crippen molar-refractivity contribution in [2.45, 2.75) is 18.6 Å². The van der Waals surface area contributed by atoms with Gasteiger partial charge in [0.05, 0.1) is 11.9 Å². The number of nitrogens with one attached hydrogen (secondary N) is 1. The summed E-state index contributed by atoms with van der Waals surface area (Å²) in [5.41, 5.74) is 0.479. The lowest BCUT2D eigenvalue weighted by Gasteiger charge is -2.20. The molecule has 25 heavy (non-hydrogen) atoms. The van der Waals surface area contributed by atoms with E-state index in [1.54, 1.807) is 0 Å². The third-order valence-electron chi connectivity index (χ3n) is 4.32. The molecule has 7 nitrogen and oxygen atoms in total. The molecule has 3 aromatic rings. The van der Waals surface area contributed by atoms with Crippen molar-refractivity contribution in [2.75, 3.05) is 13.1 Å². The Balaban J connectivity index is 1.46. The van der Waals surface area contributed by atoms with E-state index < -0.39 is 17.2 Å². The van der Waals surface area contributed by atoms with Crippen LogP contribution in [0.5, 0.6) is 0 Å². The largest absolute Gasteiger partial charge is 0.444 e. The zero-order chi connectivity index (χ0) is 17.4. The molecule has 0 spiro atoms. The van der Waals surface area contributed by atoms with Gasteiger partial charge in [0, 0.05) is 25.2 Å². The normalized spacial score (nSPS) is 21.1. The van der Waals surface area contributed by atoms with E-state index in [0.29, 0.717) is 43.0 Å². The Labute approximate surface area is 141 Å². The first-order valence-electron chi connectivity index (χ1n) is 7.74. The van der Waals surface area contributed by atoms with Crippen LogP contribution in [0, 0.1) is 11.6 Å². The molecule has 9 heteroatoms. The highest BCUT2D eigenvalue weighted by molar-refractivity contribution is 5.53. The summed E-state index contributed by atoms with van der Waals surface area (Å²) in [5.74, 6) is -1.64. The lowest BCUT2D eigenvalue weighted by Crippen LogP contribution is -2.31. The first-order chi connectivity index (χ1) is 12.0. The van der Waals surface area contributed by atoms with Crippen LogP contribution in [-0.2, 0) is 12.1 Å². The molecule has 0 saturated carbocycles. The number of H-pyrrole nitrogens is 1. The van der Waals surface area contributed by atoms with Crippen molar-refractivity contribution >= 4 is 0 Å². The van der Waals surface area contributed by atoms with Crippen molar-refractivity contribution in [2.24, 2.45) is 0 Å². The van der Waals surface area contributed by atoms with E-state index in [9.17, 15) is 13.9 Å². The van der Waals surface area contributed by atoms with Gasteiger partial charge in [0.2, 0.25) is 5.89 Å². The molecule has 2 N–H and O–H groups in total. The molecule has 1 aliphatic rings. The van der Waals surface area contributed by atoms with E-state index in [2.05, 4.69) is 20.4 Å². The minimum Gasteiger partial charge on any atom is -0.444 e. The predicted octanol–water partition coefficient (Wildman–Crippen LogP) is 1.83. The highest BCUT2D eigenvalue weighted by Crippen LogP contribution is 2.31. The summed E-state index contributed by atoms with van der Waals surface area (Å²) < 4.78 is 31.7. The molecule has 1 unspecified atom stereocenters. The average molecular weight is 347 g/mol. The van der Waals surface area contributed by atoms with Crippen LogP contribution in [0.2, 0.25) is 0 Å². The van der Waals surface area contributed by atoms with Crippen molar-refractivity contribution in [1.82, 2.24) is 25.3 Å². The number of halogens is 2. The van der Waals surface area contributed by atoms with Gasteiger partial charge in [-0.05, 0) is 24.6 Å². The van der Waals surface area contributed by atoms with Gasteiger partial charge in [0.25, 0.3) is 0 Å². The van der Waals surface area contributed by atoms with Crippen molar-refractivity contribution in [3.63, 3.8) is 0 Å². The zero-order valence-electron chi connectivity index (χ0n) is 13.1. The number of rotatable bonds is 4. The topological polar surface area (TPSA) is 91.1 Å². The Morgan fingerprint density at radius 1 is 1.32 bits per heavy atom. The molecule has 4 rings (SSSR count). The van der Waals surface area contributed by atoms with Gasteiger partial charge in [-0.15, -0.1) is 0 Å². The second-order valence-corrected chi connectivity index (χ2v) is 6.12. The highest BCUT2D eigenvalue weighted by atomic mass is 19.2. The SMILES string of the molecule is OC1(c2cn[nH]n2)CCN(Cc2coc(-c3ccc(F)c(F)c3)n2)C1. The first-order valence-corrected chi connectivity index (χ1v) is 7.74. The maximum atomic E-state index is 13.3. The van der Waals surface area contributed by atoms with Crippen LogP contribution in [0.15, 0.2) is 35.1 Å². The summed E-state index contributed by atoms with van der Waals surface area (Å²) in [6, 6.07) is 3.49. The molecule has 0 radical (unpaired) electrons. The second-order valence-electron chi connectivity index (χ2n) is 6.12. The van der Waals surface area contributed by atoms with Crippen molar-refractivity contribution < 1.29 is 18.3 Å². The number of hydrogen-bond donors (Lipinski definition) is 2. The number of oxazole rings is 1. The number of nitrogens with zero attached hydrogens (tertiary/aromatic N) is 4. The smallest absolute Gasteiger partial charge is 0.226 e. The molecule has 1 atom stereocenters. The van der Waals surface area contributed by atoms with Crippen LogP contribution in [0.25, 0.3) is 11.5 Å². The molecular formula is C16H15F2N5O2. The standard InChI is InChI=1S/C16H15F2N5O2/c17-12-2-1-10(5-13(12)18)15-20-11(8-25-15)7-23-4-3-16(24,9-23)14-6-19-22-21-14/h1-2,5-6,8,24H,3-4,7,9H2,(H,19,21,22). The van der Waals surface area contributed by atoms with Crippen LogP contribution in [0.1, 0.15) is 17.8 Å². The van der Waals surface area contributed by atoms with E-state index in [1.807, 2.05) is 4.90 Å². The van der Waals surface area contributed by atoms with Gasteiger partial charge in [-0.1, -0.05) is 0 Å². The van der Waals surface area contributed by atoms with Gasteiger partial charge in [0.15, 0.2) is 11.6 Å². The van der Waals surface area contributed by atoms with Gasteiger partial charge in [-0.3, -0.25) is 4.90 Å². The lowest BCUT2D eigenvalue weighted by atomic mass is 10.0. The zero-order valence-corrected chi connectivity index (χ0v) is 13.1. The summed E-state index contributed by atoms with van der Waals surface area (Å²) in [7, 11) is 0. The van der Waals surface area contributed by atoms with Crippen LogP contribution >= 0.6 is 0 Å². The Kier molecular flexibility index (Phi) is 3.81. The third kappa shape index (κ3) is 3.03. The number of β-amino-alcohol motifs (C(OH)–C–C–N with tert-alkyl or cyclic N) is 1. The molecule has 130 valence electrons. The maximum absolute atomic E-state index is 13.3. The van der Waals surface area contributed by atoms with Gasteiger partial charge in [-0.25, -0.2) is 13.8 Å². The van der Waals surface area contributed by atoms with Crippen LogP contribution in [0.3, 0.4) is 0 Å². The lowest BCUT2D eigenvalue weighted by molar-refractivity contribution is 0.0407. The Morgan fingerprint density at radius 3 is 2.96 bits per heavy atom. The maximum Gasteiger partial charge on any atom is 0.226 e. The van der Waals surface area contributed by atoms with Crippen molar-refractivity contribution in [1.29, 1.82) is 0 Å². The van der Waals surface area contributed by atoms with Gasteiger partial charge in [-0.2, -0.15) is 15.4 Å². The number of likely N-dealkylation sites (tertiary alicyclic amines) is 1. The van der Waals surface area contributed by atoms with Gasteiger partial charge < -0.3 is 9.52 Å². The fourth-order valence-corrected chi connectivity index (χ4v) is 3.01. The molecule has 1 aliphatic heterocycles. The molecule has 1 saturated heterocycles. The summed E-state index contributed by atoms with van der Waals surface area (Å²) in [4.78, 5) is 6.33. The van der Waals surface area contributed by atoms with E-state index in [1.165, 1.54) is 18.5 Å². The summed E-state index contributed by atoms with van der Waals surface area (Å²) in [6.07, 6.45) is 3.53. The molecular weight excluding hydrogens is 332 g/mol. The van der Waals surface area contributed by atoms with Crippen molar-refractivity contribution in [3.05, 3.63) is 53.7 Å². The Bertz CT molecular complexity index is 883. The molecule has 0 aliphatic carbocycles. The van der Waals surface area contributed by atoms with E-state index in [0.717, 1.165) is 12.1 Å². The predicted molar refractivity (Wildman–Crippen MR) is 82.0 cm³/mol. The first kappa shape index (κ1) is 15.9. The van der Waals surface area contributed by atoms with Gasteiger partial charge >= 0.3 is 0 Å². The highest BCUT2D eigenvalue weighted by Gasteiger charge is 2.39. The summed E-state index contributed by atoms with van der Waals surface area (Å²) >= 11 is 0. The summed E-state index contributed by atoms with van der Waals surface area (Å²) in [6.45, 7) is 1.52. The van der Waals surface area contributed by atoms with Crippen molar-refractivity contribution in [3.8, 4) is 11.5 Å². The van der Waals surface area contributed by atoms with E-state index in [-0.39, 0.29) is 5.89 Å². The molecule has 1 aromatic carbocycles. The molecule has 3 heterocycles. The number of hydrogen-bond acceptors (Lipinski definition) is 6. The minimum absolute atomic E-state index is 0.222. The fourth-order valence-electron chi connectivity index (χ4n) is 3.01. The number of benzene rings is 1. The number of aromatic nitrogens is 4. The number of aliphatic hydroxyl groups is 1.